The summed E-state index contributed by atoms with van der Waals surface area (Å²) in [5.41, 5.74) is 0.414. The molecule has 1 N–H and O–H groups in total. The standard InChI is InChI=1S/C14H21N5O2/c1-17-9-11(16-10-17)13(20)19-6-2-3-12(19)14(21)18-7-4-15-5-8-18/h9-10,12,15H,2-8H2,1H3. The van der Waals surface area contributed by atoms with Gasteiger partial charge in [0.15, 0.2) is 0 Å². The maximum atomic E-state index is 12.6. The molecule has 3 rings (SSSR count). The lowest BCUT2D eigenvalue weighted by atomic mass is 10.1. The van der Waals surface area contributed by atoms with Crippen LogP contribution in [0.15, 0.2) is 12.5 Å². The van der Waals surface area contributed by atoms with Crippen LogP contribution in [0.1, 0.15) is 23.3 Å². The number of piperazine rings is 1. The summed E-state index contributed by atoms with van der Waals surface area (Å²) in [5, 5.41) is 3.24. The summed E-state index contributed by atoms with van der Waals surface area (Å²) in [6.07, 6.45) is 4.94. The minimum absolute atomic E-state index is 0.0817. The first-order chi connectivity index (χ1) is 10.2. The van der Waals surface area contributed by atoms with Crippen molar-refractivity contribution >= 4 is 11.8 Å². The molecule has 0 aliphatic carbocycles. The number of aromatic nitrogens is 2. The highest BCUT2D eigenvalue weighted by Crippen LogP contribution is 2.21. The molecule has 0 bridgehead atoms. The number of likely N-dealkylation sites (tertiary alicyclic amines) is 1. The van der Waals surface area contributed by atoms with E-state index < -0.39 is 0 Å². The molecular formula is C14H21N5O2. The van der Waals surface area contributed by atoms with Gasteiger partial charge in [-0.25, -0.2) is 4.98 Å². The van der Waals surface area contributed by atoms with Gasteiger partial charge in [-0.3, -0.25) is 9.59 Å². The second-order valence-electron chi connectivity index (χ2n) is 5.66. The molecule has 0 spiro atoms. The lowest BCUT2D eigenvalue weighted by molar-refractivity contribution is -0.135. The average Bonchev–Trinajstić information content (AvgIpc) is 3.15. The van der Waals surface area contributed by atoms with Crippen molar-refractivity contribution in [2.45, 2.75) is 18.9 Å². The number of hydrogen-bond acceptors (Lipinski definition) is 4. The fourth-order valence-electron chi connectivity index (χ4n) is 3.03. The van der Waals surface area contributed by atoms with Crippen molar-refractivity contribution in [1.82, 2.24) is 24.7 Å². The van der Waals surface area contributed by atoms with Gasteiger partial charge in [0.05, 0.1) is 6.33 Å². The van der Waals surface area contributed by atoms with Crippen LogP contribution in [0.4, 0.5) is 0 Å². The fourth-order valence-corrected chi connectivity index (χ4v) is 3.03. The monoisotopic (exact) mass is 291 g/mol. The largest absolute Gasteiger partial charge is 0.340 e. The van der Waals surface area contributed by atoms with Gasteiger partial charge in [0.25, 0.3) is 5.91 Å². The summed E-state index contributed by atoms with van der Waals surface area (Å²) < 4.78 is 1.75. The van der Waals surface area contributed by atoms with Crippen LogP contribution in [0.25, 0.3) is 0 Å². The Bertz CT molecular complexity index is 535. The van der Waals surface area contributed by atoms with Crippen molar-refractivity contribution in [3.63, 3.8) is 0 Å². The molecule has 7 heteroatoms. The molecule has 3 heterocycles. The number of rotatable bonds is 2. The number of carbonyl (C=O) groups excluding carboxylic acids is 2. The van der Waals surface area contributed by atoms with Crippen molar-refractivity contribution < 1.29 is 9.59 Å². The Hall–Kier alpha value is -1.89. The van der Waals surface area contributed by atoms with Crippen LogP contribution in [0.5, 0.6) is 0 Å². The Morgan fingerprint density at radius 2 is 2.05 bits per heavy atom. The number of hydrogen-bond donors (Lipinski definition) is 1. The van der Waals surface area contributed by atoms with Crippen molar-refractivity contribution in [2.24, 2.45) is 7.05 Å². The second-order valence-corrected chi connectivity index (χ2v) is 5.66. The van der Waals surface area contributed by atoms with E-state index in [0.717, 1.165) is 39.0 Å². The van der Waals surface area contributed by atoms with Crippen LogP contribution < -0.4 is 5.32 Å². The predicted molar refractivity (Wildman–Crippen MR) is 76.7 cm³/mol. The molecule has 0 aromatic carbocycles. The van der Waals surface area contributed by atoms with Crippen LogP contribution in [0.2, 0.25) is 0 Å². The van der Waals surface area contributed by atoms with Crippen LogP contribution in [0, 0.1) is 0 Å². The van der Waals surface area contributed by atoms with Gasteiger partial charge >= 0.3 is 0 Å². The molecule has 0 radical (unpaired) electrons. The van der Waals surface area contributed by atoms with E-state index in [-0.39, 0.29) is 17.9 Å². The molecule has 2 aliphatic heterocycles. The third-order valence-electron chi connectivity index (χ3n) is 4.15. The topological polar surface area (TPSA) is 70.5 Å². The first kappa shape index (κ1) is 14.1. The minimum atomic E-state index is -0.322. The third kappa shape index (κ3) is 2.78. The fraction of sp³-hybridized carbons (Fsp3) is 0.643. The molecule has 1 atom stereocenters. The lowest BCUT2D eigenvalue weighted by Crippen LogP contribution is -2.53. The maximum absolute atomic E-state index is 12.6. The summed E-state index contributed by atoms with van der Waals surface area (Å²) in [5.74, 6) is -0.0557. The molecule has 1 unspecified atom stereocenters. The van der Waals surface area contributed by atoms with E-state index in [0.29, 0.717) is 12.2 Å². The first-order valence-electron chi connectivity index (χ1n) is 7.45. The molecule has 2 aliphatic rings. The molecule has 21 heavy (non-hydrogen) atoms. The Kier molecular flexibility index (Phi) is 3.92. The Labute approximate surface area is 123 Å². The Morgan fingerprint density at radius 1 is 1.29 bits per heavy atom. The van der Waals surface area contributed by atoms with Crippen molar-refractivity contribution in [3.8, 4) is 0 Å². The summed E-state index contributed by atoms with van der Waals surface area (Å²) in [4.78, 5) is 32.8. The zero-order valence-corrected chi connectivity index (χ0v) is 12.3. The van der Waals surface area contributed by atoms with Crippen molar-refractivity contribution in [1.29, 1.82) is 0 Å². The summed E-state index contributed by atoms with van der Waals surface area (Å²) in [7, 11) is 1.83. The predicted octanol–water partition coefficient (Wildman–Crippen LogP) is -0.543. The third-order valence-corrected chi connectivity index (χ3v) is 4.15. The second kappa shape index (κ2) is 5.85. The summed E-state index contributed by atoms with van der Waals surface area (Å²) in [6, 6.07) is -0.322. The van der Waals surface area contributed by atoms with Crippen molar-refractivity contribution in [3.05, 3.63) is 18.2 Å². The molecule has 7 nitrogen and oxygen atoms in total. The normalized spacial score (nSPS) is 22.6. The highest BCUT2D eigenvalue weighted by atomic mass is 16.2. The van der Waals surface area contributed by atoms with Gasteiger partial charge < -0.3 is 19.7 Å². The number of carbonyl (C=O) groups is 2. The summed E-state index contributed by atoms with van der Waals surface area (Å²) >= 11 is 0. The van der Waals surface area contributed by atoms with E-state index in [4.69, 9.17) is 0 Å². The van der Waals surface area contributed by atoms with Crippen LogP contribution >= 0.6 is 0 Å². The zero-order chi connectivity index (χ0) is 14.8. The van der Waals surface area contributed by atoms with Gasteiger partial charge in [-0.05, 0) is 12.8 Å². The number of nitrogens with one attached hydrogen (secondary N) is 1. The van der Waals surface area contributed by atoms with E-state index in [9.17, 15) is 9.59 Å². The van der Waals surface area contributed by atoms with Crippen molar-refractivity contribution in [2.75, 3.05) is 32.7 Å². The molecule has 1 aromatic heterocycles. The van der Waals surface area contributed by atoms with Crippen LogP contribution in [-0.2, 0) is 11.8 Å². The molecule has 1 aromatic rings. The number of nitrogens with zero attached hydrogens (tertiary/aromatic N) is 4. The van der Waals surface area contributed by atoms with Gasteiger partial charge in [0.1, 0.15) is 11.7 Å². The molecule has 2 fully saturated rings. The molecule has 2 amide bonds. The van der Waals surface area contributed by atoms with E-state index in [2.05, 4.69) is 10.3 Å². The zero-order valence-electron chi connectivity index (χ0n) is 12.3. The summed E-state index contributed by atoms with van der Waals surface area (Å²) in [6.45, 7) is 3.74. The highest BCUT2D eigenvalue weighted by Gasteiger charge is 2.37. The minimum Gasteiger partial charge on any atom is -0.340 e. The molecular weight excluding hydrogens is 270 g/mol. The van der Waals surface area contributed by atoms with E-state index in [1.807, 2.05) is 11.9 Å². The van der Waals surface area contributed by atoms with Gasteiger partial charge in [-0.15, -0.1) is 0 Å². The number of imidazole rings is 1. The van der Waals surface area contributed by atoms with Crippen LogP contribution in [0.3, 0.4) is 0 Å². The maximum Gasteiger partial charge on any atom is 0.274 e. The van der Waals surface area contributed by atoms with Gasteiger partial charge in [-0.1, -0.05) is 0 Å². The molecule has 114 valence electrons. The smallest absolute Gasteiger partial charge is 0.274 e. The molecule has 2 saturated heterocycles. The average molecular weight is 291 g/mol. The number of amides is 2. The first-order valence-corrected chi connectivity index (χ1v) is 7.45. The highest BCUT2D eigenvalue weighted by molar-refractivity contribution is 5.96. The number of aryl methyl sites for hydroxylation is 1. The van der Waals surface area contributed by atoms with E-state index in [1.165, 1.54) is 0 Å². The Balaban J connectivity index is 1.72. The van der Waals surface area contributed by atoms with E-state index in [1.54, 1.807) is 22.0 Å². The quantitative estimate of drug-likeness (QED) is 0.794. The van der Waals surface area contributed by atoms with Gasteiger partial charge in [-0.2, -0.15) is 0 Å². The SMILES string of the molecule is Cn1cnc(C(=O)N2CCCC2C(=O)N2CCNCC2)c1. The van der Waals surface area contributed by atoms with E-state index >= 15 is 0 Å². The molecule has 0 saturated carbocycles. The Morgan fingerprint density at radius 3 is 2.71 bits per heavy atom. The van der Waals surface area contributed by atoms with Gasteiger partial charge in [0, 0.05) is 46.0 Å². The van der Waals surface area contributed by atoms with Gasteiger partial charge in [0.2, 0.25) is 5.91 Å². The van der Waals surface area contributed by atoms with Crippen LogP contribution in [-0.4, -0.2) is 69.9 Å². The lowest BCUT2D eigenvalue weighted by Gasteiger charge is -2.32.